The summed E-state index contributed by atoms with van der Waals surface area (Å²) in [5, 5.41) is 4.36. The van der Waals surface area contributed by atoms with Gasteiger partial charge in [0.1, 0.15) is 0 Å². The summed E-state index contributed by atoms with van der Waals surface area (Å²) in [6, 6.07) is 3.80. The number of hydrogen-bond donors (Lipinski definition) is 0. The van der Waals surface area contributed by atoms with E-state index in [0.717, 1.165) is 17.7 Å². The maximum Gasteiger partial charge on any atom is 0.252 e. The summed E-state index contributed by atoms with van der Waals surface area (Å²) >= 11 is 0. The molecule has 0 saturated heterocycles. The van der Waals surface area contributed by atoms with Crippen LogP contribution < -0.4 is 14.2 Å². The Balaban J connectivity index is 1.75. The van der Waals surface area contributed by atoms with Gasteiger partial charge in [-0.25, -0.2) is 9.50 Å². The minimum absolute atomic E-state index is 0.0303. The van der Waals surface area contributed by atoms with Gasteiger partial charge >= 0.3 is 0 Å². The fraction of sp³-hybridized carbons (Fsp3) is 0.400. The summed E-state index contributed by atoms with van der Waals surface area (Å²) in [5.74, 6) is 2.93. The van der Waals surface area contributed by atoms with Crippen LogP contribution in [0.15, 0.2) is 18.3 Å². The second kappa shape index (κ2) is 7.10. The first-order valence-corrected chi connectivity index (χ1v) is 9.16. The highest BCUT2D eigenvalue weighted by Crippen LogP contribution is 2.42. The molecule has 2 heterocycles. The summed E-state index contributed by atoms with van der Waals surface area (Å²) in [5.41, 5.74) is 2.31. The van der Waals surface area contributed by atoms with Crippen LogP contribution in [0.3, 0.4) is 0 Å². The van der Waals surface area contributed by atoms with Gasteiger partial charge in [-0.1, -0.05) is 6.92 Å². The molecule has 8 heteroatoms. The van der Waals surface area contributed by atoms with Gasteiger partial charge in [0, 0.05) is 19.0 Å². The zero-order valence-corrected chi connectivity index (χ0v) is 16.4. The van der Waals surface area contributed by atoms with Crippen LogP contribution >= 0.6 is 0 Å². The van der Waals surface area contributed by atoms with E-state index in [1.807, 2.05) is 19.1 Å². The Bertz CT molecular complexity index is 1030. The van der Waals surface area contributed by atoms with Crippen molar-refractivity contribution < 1.29 is 19.0 Å². The zero-order chi connectivity index (χ0) is 19.8. The number of hydrogen-bond acceptors (Lipinski definition) is 7. The third-order valence-corrected chi connectivity index (χ3v) is 5.10. The van der Waals surface area contributed by atoms with Gasteiger partial charge in [-0.15, -0.1) is 5.10 Å². The normalized spacial score (nSPS) is 16.1. The van der Waals surface area contributed by atoms with E-state index in [1.165, 1.54) is 0 Å². The lowest BCUT2D eigenvalue weighted by Crippen LogP contribution is -2.21. The number of benzene rings is 1. The third kappa shape index (κ3) is 2.94. The fourth-order valence-corrected chi connectivity index (χ4v) is 3.65. The Morgan fingerprint density at radius 2 is 1.79 bits per heavy atom. The van der Waals surface area contributed by atoms with E-state index in [2.05, 4.69) is 15.1 Å². The highest BCUT2D eigenvalue weighted by atomic mass is 16.5. The molecule has 1 atom stereocenters. The highest BCUT2D eigenvalue weighted by Gasteiger charge is 2.30. The van der Waals surface area contributed by atoms with E-state index in [9.17, 15) is 4.79 Å². The molecule has 4 rings (SSSR count). The van der Waals surface area contributed by atoms with Crippen molar-refractivity contribution in [2.45, 2.75) is 32.1 Å². The molecule has 1 aromatic carbocycles. The smallest absolute Gasteiger partial charge is 0.252 e. The quantitative estimate of drug-likeness (QED) is 0.670. The van der Waals surface area contributed by atoms with Crippen molar-refractivity contribution in [2.75, 3.05) is 21.3 Å². The number of carbonyl (C=O) groups is 1. The number of rotatable bonds is 5. The average Bonchev–Trinajstić information content (AvgIpc) is 3.13. The number of aryl methyl sites for hydroxylation is 1. The number of carbonyl (C=O) groups excluding carboxylic acids is 1. The summed E-state index contributed by atoms with van der Waals surface area (Å²) < 4.78 is 17.9. The molecule has 1 aliphatic rings. The van der Waals surface area contributed by atoms with Crippen molar-refractivity contribution >= 4 is 11.6 Å². The number of Topliss-reactive ketones (excluding diaryl/α,β-unsaturated/α-hetero) is 1. The molecule has 1 unspecified atom stereocenters. The molecule has 3 aromatic rings. The third-order valence-electron chi connectivity index (χ3n) is 5.10. The molecule has 0 radical (unpaired) electrons. The number of nitrogens with zero attached hydrogens (tertiary/aromatic N) is 4. The lowest BCUT2D eigenvalue weighted by atomic mass is 9.82. The monoisotopic (exact) mass is 382 g/mol. The summed E-state index contributed by atoms with van der Waals surface area (Å²) in [6.45, 7) is 1.99. The van der Waals surface area contributed by atoms with Gasteiger partial charge in [0.2, 0.25) is 5.75 Å². The lowest BCUT2D eigenvalue weighted by Gasteiger charge is -2.24. The molecule has 0 spiro atoms. The summed E-state index contributed by atoms with van der Waals surface area (Å²) in [7, 11) is 4.73. The van der Waals surface area contributed by atoms with E-state index in [-0.39, 0.29) is 11.7 Å². The predicted octanol–water partition coefficient (Wildman–Crippen LogP) is 2.63. The minimum atomic E-state index is -0.0303. The van der Waals surface area contributed by atoms with Gasteiger partial charge in [-0.05, 0) is 30.0 Å². The van der Waals surface area contributed by atoms with E-state index in [4.69, 9.17) is 14.2 Å². The fourth-order valence-electron chi connectivity index (χ4n) is 3.65. The van der Waals surface area contributed by atoms with Crippen LogP contribution in [0.5, 0.6) is 17.2 Å². The first-order chi connectivity index (χ1) is 13.6. The maximum absolute atomic E-state index is 12.8. The SMILES string of the molecule is CCc1nc2nc3c(cn2n1)C(=O)CC(c1cc(OC)c(OC)c(OC)c1)C3. The van der Waals surface area contributed by atoms with E-state index in [1.54, 1.807) is 32.0 Å². The zero-order valence-electron chi connectivity index (χ0n) is 16.4. The van der Waals surface area contributed by atoms with Crippen LogP contribution in [0, 0.1) is 0 Å². The first kappa shape index (κ1) is 18.2. The molecular weight excluding hydrogens is 360 g/mol. The van der Waals surface area contributed by atoms with Gasteiger partial charge in [-0.3, -0.25) is 4.79 Å². The molecular formula is C20H22N4O4. The number of fused-ring (bicyclic) bond motifs is 2. The molecule has 0 bridgehead atoms. The van der Waals surface area contributed by atoms with Crippen LogP contribution in [0.25, 0.3) is 5.78 Å². The summed E-state index contributed by atoms with van der Waals surface area (Å²) in [4.78, 5) is 21.9. The molecule has 0 aliphatic heterocycles. The van der Waals surface area contributed by atoms with Gasteiger partial charge < -0.3 is 14.2 Å². The van der Waals surface area contributed by atoms with Gasteiger partial charge in [-0.2, -0.15) is 4.98 Å². The van der Waals surface area contributed by atoms with Crippen LogP contribution in [0.2, 0.25) is 0 Å². The molecule has 0 saturated carbocycles. The molecule has 28 heavy (non-hydrogen) atoms. The topological polar surface area (TPSA) is 87.8 Å². The van der Waals surface area contributed by atoms with Crippen molar-refractivity contribution in [1.29, 1.82) is 0 Å². The van der Waals surface area contributed by atoms with E-state index in [0.29, 0.717) is 47.3 Å². The molecule has 0 fully saturated rings. The molecule has 1 aliphatic carbocycles. The standard InChI is InChI=1S/C20H22N4O4/c1-5-18-22-20-21-14-6-11(7-15(25)13(14)10-24(20)23-18)12-8-16(26-2)19(28-4)17(9-12)27-3/h8-11H,5-7H2,1-4H3. The molecule has 2 aromatic heterocycles. The Kier molecular flexibility index (Phi) is 4.62. The Labute approximate surface area is 162 Å². The summed E-state index contributed by atoms with van der Waals surface area (Å²) in [6.07, 6.45) is 3.48. The number of methoxy groups -OCH3 is 3. The van der Waals surface area contributed by atoms with Gasteiger partial charge in [0.05, 0.1) is 32.6 Å². The number of ketones is 1. The molecule has 0 N–H and O–H groups in total. The number of aromatic nitrogens is 4. The van der Waals surface area contributed by atoms with Gasteiger partial charge in [0.25, 0.3) is 5.78 Å². The highest BCUT2D eigenvalue weighted by molar-refractivity contribution is 5.98. The van der Waals surface area contributed by atoms with Crippen molar-refractivity contribution in [3.63, 3.8) is 0 Å². The Morgan fingerprint density at radius 3 is 2.39 bits per heavy atom. The van der Waals surface area contributed by atoms with Crippen LogP contribution in [-0.2, 0) is 12.8 Å². The van der Waals surface area contributed by atoms with Crippen LogP contribution in [0.4, 0.5) is 0 Å². The van der Waals surface area contributed by atoms with E-state index < -0.39 is 0 Å². The maximum atomic E-state index is 12.8. The number of ether oxygens (including phenoxy) is 3. The van der Waals surface area contributed by atoms with Crippen molar-refractivity contribution in [1.82, 2.24) is 19.6 Å². The minimum Gasteiger partial charge on any atom is -0.493 e. The second-order valence-corrected chi connectivity index (χ2v) is 6.71. The largest absolute Gasteiger partial charge is 0.493 e. The van der Waals surface area contributed by atoms with Crippen molar-refractivity contribution in [2.24, 2.45) is 0 Å². The average molecular weight is 382 g/mol. The Morgan fingerprint density at radius 1 is 1.07 bits per heavy atom. The molecule has 146 valence electrons. The second-order valence-electron chi connectivity index (χ2n) is 6.71. The molecule has 0 amide bonds. The Hall–Kier alpha value is -3.16. The molecule has 8 nitrogen and oxygen atoms in total. The van der Waals surface area contributed by atoms with Crippen LogP contribution in [-0.4, -0.2) is 46.7 Å². The lowest BCUT2D eigenvalue weighted by molar-refractivity contribution is 0.0962. The van der Waals surface area contributed by atoms with Crippen LogP contribution in [0.1, 0.15) is 46.7 Å². The van der Waals surface area contributed by atoms with E-state index >= 15 is 0 Å². The van der Waals surface area contributed by atoms with Crippen molar-refractivity contribution in [3.05, 3.63) is 41.0 Å². The van der Waals surface area contributed by atoms with Crippen molar-refractivity contribution in [3.8, 4) is 17.2 Å². The predicted molar refractivity (Wildman–Crippen MR) is 102 cm³/mol. The first-order valence-electron chi connectivity index (χ1n) is 9.16. The van der Waals surface area contributed by atoms with Gasteiger partial charge in [0.15, 0.2) is 23.1 Å².